The Labute approximate surface area is 172 Å². The fraction of sp³-hybridized carbons (Fsp3) is 0.364. The Morgan fingerprint density at radius 1 is 1.32 bits per heavy atom. The second-order valence-electron chi connectivity index (χ2n) is 7.04. The predicted octanol–water partition coefficient (Wildman–Crippen LogP) is 3.48. The van der Waals surface area contributed by atoms with Gasteiger partial charge in [0.05, 0.1) is 23.4 Å². The second kappa shape index (κ2) is 10.1. The molecule has 1 aliphatic heterocycles. The molecule has 1 heterocycles. The van der Waals surface area contributed by atoms with Gasteiger partial charge in [-0.15, -0.1) is 12.4 Å². The van der Waals surface area contributed by atoms with Gasteiger partial charge in [0.2, 0.25) is 0 Å². The maximum absolute atomic E-state index is 12.0. The van der Waals surface area contributed by atoms with Crippen molar-refractivity contribution in [2.24, 2.45) is 5.73 Å². The topological polar surface area (TPSA) is 79.3 Å². The van der Waals surface area contributed by atoms with E-state index in [4.69, 9.17) is 10.5 Å². The molecule has 2 aromatic carbocycles. The number of rotatable bonds is 7. The largest absolute Gasteiger partial charge is 0.462 e. The van der Waals surface area contributed by atoms with Crippen LogP contribution in [-0.4, -0.2) is 31.7 Å². The van der Waals surface area contributed by atoms with E-state index in [1.807, 2.05) is 31.2 Å². The summed E-state index contributed by atoms with van der Waals surface area (Å²) in [5.74, 6) is -0.296. The summed E-state index contributed by atoms with van der Waals surface area (Å²) in [5, 5.41) is 9.57. The van der Waals surface area contributed by atoms with Crippen molar-refractivity contribution >= 4 is 24.1 Å². The summed E-state index contributed by atoms with van der Waals surface area (Å²) in [6, 6.07) is 15.5. The molecule has 0 amide bonds. The molecule has 0 aromatic heterocycles. The van der Waals surface area contributed by atoms with Crippen LogP contribution in [0.4, 0.5) is 5.69 Å². The molecule has 0 radical (unpaired) electrons. The monoisotopic (exact) mass is 399 g/mol. The highest BCUT2D eigenvalue weighted by Gasteiger charge is 2.23. The lowest BCUT2D eigenvalue weighted by Crippen LogP contribution is -2.24. The number of hydrogen-bond acceptors (Lipinski definition) is 5. The van der Waals surface area contributed by atoms with E-state index >= 15 is 0 Å². The maximum atomic E-state index is 12.0. The van der Waals surface area contributed by atoms with Crippen LogP contribution in [0.15, 0.2) is 42.5 Å². The fourth-order valence-electron chi connectivity index (χ4n) is 3.57. The molecular weight excluding hydrogens is 374 g/mol. The van der Waals surface area contributed by atoms with E-state index in [0.29, 0.717) is 17.7 Å². The number of carbonyl (C=O) groups excluding carboxylic acids is 1. The van der Waals surface area contributed by atoms with Crippen molar-refractivity contribution in [3.05, 3.63) is 64.7 Å². The molecule has 1 atom stereocenters. The number of benzene rings is 2. The number of ether oxygens (including phenoxy) is 1. The van der Waals surface area contributed by atoms with Crippen LogP contribution in [0.1, 0.15) is 40.4 Å². The van der Waals surface area contributed by atoms with Crippen LogP contribution >= 0.6 is 12.4 Å². The van der Waals surface area contributed by atoms with Gasteiger partial charge in [-0.25, -0.2) is 4.79 Å². The Bertz CT molecular complexity index is 847. The molecule has 0 unspecified atom stereocenters. The number of anilines is 1. The molecule has 0 saturated carbocycles. The van der Waals surface area contributed by atoms with Crippen molar-refractivity contribution in [1.82, 2.24) is 0 Å². The van der Waals surface area contributed by atoms with Crippen LogP contribution in [0.3, 0.4) is 0 Å². The molecule has 148 valence electrons. The number of nitrogens with two attached hydrogens (primary N) is 1. The summed E-state index contributed by atoms with van der Waals surface area (Å²) >= 11 is 0. The van der Waals surface area contributed by atoms with E-state index in [1.165, 1.54) is 5.56 Å². The Morgan fingerprint density at radius 2 is 2.07 bits per heavy atom. The van der Waals surface area contributed by atoms with Crippen LogP contribution < -0.4 is 10.6 Å². The zero-order valence-corrected chi connectivity index (χ0v) is 16.9. The summed E-state index contributed by atoms with van der Waals surface area (Å²) < 4.78 is 5.35. The van der Waals surface area contributed by atoms with Gasteiger partial charge < -0.3 is 15.4 Å². The van der Waals surface area contributed by atoms with Crippen molar-refractivity contribution in [2.45, 2.75) is 32.2 Å². The molecule has 0 saturated heterocycles. The van der Waals surface area contributed by atoms with E-state index in [9.17, 15) is 10.1 Å². The minimum absolute atomic E-state index is 0. The fourth-order valence-corrected chi connectivity index (χ4v) is 3.57. The van der Waals surface area contributed by atoms with E-state index in [-0.39, 0.29) is 24.4 Å². The molecule has 28 heavy (non-hydrogen) atoms. The maximum Gasteiger partial charge on any atom is 0.338 e. The van der Waals surface area contributed by atoms with E-state index < -0.39 is 0 Å². The van der Waals surface area contributed by atoms with E-state index in [2.05, 4.69) is 17.0 Å². The number of carbonyl (C=O) groups is 1. The molecule has 6 heteroatoms. The number of nitrogens with zero attached hydrogens (tertiary/aromatic N) is 2. The molecule has 0 bridgehead atoms. The van der Waals surface area contributed by atoms with Gasteiger partial charge in [-0.05, 0) is 55.5 Å². The third-order valence-corrected chi connectivity index (χ3v) is 4.71. The Morgan fingerprint density at radius 3 is 2.75 bits per heavy atom. The lowest BCUT2D eigenvalue weighted by Gasteiger charge is -2.21. The van der Waals surface area contributed by atoms with Crippen molar-refractivity contribution < 1.29 is 9.53 Å². The zero-order chi connectivity index (χ0) is 19.2. The molecule has 3 rings (SSSR count). The standard InChI is InChI=1S/C22H25N3O2.ClH/c1-16(24)12-17-13-19-8-10-25(21(19)20(14-17)15-23)9-5-11-27-22(26)18-6-3-2-4-7-18;/h2-4,6-7,13-14,16H,5,8-12,24H2,1H3;1H/t16-;/m0./s1. The number of nitriles is 1. The molecule has 1 aliphatic rings. The Balaban J connectivity index is 0.00000280. The van der Waals surface area contributed by atoms with Crippen molar-refractivity contribution in [3.8, 4) is 6.07 Å². The Kier molecular flexibility index (Phi) is 7.86. The average molecular weight is 400 g/mol. The van der Waals surface area contributed by atoms with Crippen molar-refractivity contribution in [2.75, 3.05) is 24.6 Å². The molecule has 0 fully saturated rings. The van der Waals surface area contributed by atoms with Gasteiger partial charge >= 0.3 is 5.97 Å². The van der Waals surface area contributed by atoms with Crippen LogP contribution in [0, 0.1) is 11.3 Å². The van der Waals surface area contributed by atoms with Crippen molar-refractivity contribution in [1.29, 1.82) is 5.26 Å². The van der Waals surface area contributed by atoms with Gasteiger partial charge in [0.15, 0.2) is 0 Å². The molecule has 5 nitrogen and oxygen atoms in total. The first kappa shape index (κ1) is 21.7. The average Bonchev–Trinajstić information content (AvgIpc) is 3.07. The first-order chi connectivity index (χ1) is 13.1. The van der Waals surface area contributed by atoms with Gasteiger partial charge in [0.25, 0.3) is 0 Å². The first-order valence-electron chi connectivity index (χ1n) is 9.37. The van der Waals surface area contributed by atoms with Gasteiger partial charge in [-0.3, -0.25) is 0 Å². The Hall–Kier alpha value is -2.55. The van der Waals surface area contributed by atoms with Crippen LogP contribution in [-0.2, 0) is 17.6 Å². The van der Waals surface area contributed by atoms with Gasteiger partial charge in [-0.1, -0.05) is 24.3 Å². The highest BCUT2D eigenvalue weighted by atomic mass is 35.5. The number of esters is 1. The van der Waals surface area contributed by atoms with Gasteiger partial charge in [0.1, 0.15) is 6.07 Å². The third kappa shape index (κ3) is 5.25. The minimum atomic E-state index is -0.296. The lowest BCUT2D eigenvalue weighted by atomic mass is 9.99. The summed E-state index contributed by atoms with van der Waals surface area (Å²) in [4.78, 5) is 14.2. The molecule has 2 N–H and O–H groups in total. The molecule has 0 spiro atoms. The second-order valence-corrected chi connectivity index (χ2v) is 7.04. The normalized spacial score (nSPS) is 13.2. The highest BCUT2D eigenvalue weighted by molar-refractivity contribution is 5.89. The SMILES string of the molecule is C[C@H](N)Cc1cc(C#N)c2c(c1)CCN2CCCOC(=O)c1ccccc1.Cl. The molecule has 2 aromatic rings. The molecule has 0 aliphatic carbocycles. The molecular formula is C22H26ClN3O2. The lowest BCUT2D eigenvalue weighted by molar-refractivity contribution is 0.0502. The smallest absolute Gasteiger partial charge is 0.338 e. The summed E-state index contributed by atoms with van der Waals surface area (Å²) in [5.41, 5.74) is 10.5. The number of hydrogen-bond donors (Lipinski definition) is 1. The summed E-state index contributed by atoms with van der Waals surface area (Å²) in [7, 11) is 0. The van der Waals surface area contributed by atoms with Gasteiger partial charge in [-0.2, -0.15) is 5.26 Å². The minimum Gasteiger partial charge on any atom is -0.462 e. The van der Waals surface area contributed by atoms with Crippen LogP contribution in [0.5, 0.6) is 0 Å². The third-order valence-electron chi connectivity index (χ3n) is 4.71. The predicted molar refractivity (Wildman–Crippen MR) is 113 cm³/mol. The summed E-state index contributed by atoms with van der Waals surface area (Å²) in [6.07, 6.45) is 2.43. The summed E-state index contributed by atoms with van der Waals surface area (Å²) in [6.45, 7) is 3.99. The van der Waals surface area contributed by atoms with E-state index in [0.717, 1.165) is 43.6 Å². The van der Waals surface area contributed by atoms with Crippen LogP contribution in [0.2, 0.25) is 0 Å². The quantitative estimate of drug-likeness (QED) is 0.569. The number of fused-ring (bicyclic) bond motifs is 1. The van der Waals surface area contributed by atoms with Crippen molar-refractivity contribution in [3.63, 3.8) is 0 Å². The first-order valence-corrected chi connectivity index (χ1v) is 9.37. The van der Waals surface area contributed by atoms with Gasteiger partial charge in [0, 0.05) is 19.1 Å². The number of halogens is 1. The highest BCUT2D eigenvalue weighted by Crippen LogP contribution is 2.33. The zero-order valence-electron chi connectivity index (χ0n) is 16.1. The van der Waals surface area contributed by atoms with E-state index in [1.54, 1.807) is 12.1 Å². The van der Waals surface area contributed by atoms with Crippen LogP contribution in [0.25, 0.3) is 0 Å².